The highest BCUT2D eigenvalue weighted by Crippen LogP contribution is 2.31. The Morgan fingerprint density at radius 3 is 1.54 bits per heavy atom. The second-order valence-electron chi connectivity index (χ2n) is 11.5. The lowest BCUT2D eigenvalue weighted by Crippen LogP contribution is -2.17. The van der Waals surface area contributed by atoms with E-state index in [0.717, 1.165) is 12.1 Å². The van der Waals surface area contributed by atoms with Crippen LogP contribution in [0.2, 0.25) is 0 Å². The Kier molecular flexibility index (Phi) is 13.9. The first-order valence-corrected chi connectivity index (χ1v) is 16.1. The van der Waals surface area contributed by atoms with Gasteiger partial charge in [0.15, 0.2) is 23.2 Å². The summed E-state index contributed by atoms with van der Waals surface area (Å²) in [7, 11) is 2.65. The first kappa shape index (κ1) is 42.0. The van der Waals surface area contributed by atoms with Crippen LogP contribution in [-0.4, -0.2) is 59.7 Å². The SMILES string of the molecule is COc1cc(OC(F)(F)F)ccc1CCC(=O)c1ccc(-c2noc(=O)[nH]2)cc1.COc1cc(OC(F)(F)F)ccc1CCC(=O)c1ccc(/C(N)=N/O)cc1. The normalized spacial score (nSPS) is 11.6. The number of nitrogens with zero attached hydrogens (tertiary/aromatic N) is 2. The minimum absolute atomic E-state index is 0.0695. The number of methoxy groups -OCH3 is 2. The van der Waals surface area contributed by atoms with E-state index in [1.165, 1.54) is 38.5 Å². The molecule has 0 saturated heterocycles. The van der Waals surface area contributed by atoms with Crippen molar-refractivity contribution < 1.29 is 64.6 Å². The summed E-state index contributed by atoms with van der Waals surface area (Å²) in [5, 5.41) is 15.1. The molecule has 0 aliphatic heterocycles. The Morgan fingerprint density at radius 1 is 0.732 bits per heavy atom. The van der Waals surface area contributed by atoms with Crippen LogP contribution in [0.25, 0.3) is 11.4 Å². The Labute approximate surface area is 313 Å². The fourth-order valence-electron chi connectivity index (χ4n) is 5.10. The molecule has 19 heteroatoms. The van der Waals surface area contributed by atoms with Crippen molar-refractivity contribution in [3.63, 3.8) is 0 Å². The third-order valence-corrected chi connectivity index (χ3v) is 7.76. The van der Waals surface area contributed by atoms with Gasteiger partial charge in [0.2, 0.25) is 0 Å². The number of benzene rings is 4. The van der Waals surface area contributed by atoms with Crippen LogP contribution in [0.1, 0.15) is 50.2 Å². The number of carbonyl (C=O) groups is 2. The van der Waals surface area contributed by atoms with Crippen molar-refractivity contribution in [2.45, 2.75) is 38.4 Å². The zero-order valence-corrected chi connectivity index (χ0v) is 29.4. The van der Waals surface area contributed by atoms with Crippen LogP contribution in [0.5, 0.6) is 23.0 Å². The van der Waals surface area contributed by atoms with Crippen LogP contribution in [0.3, 0.4) is 0 Å². The molecule has 5 rings (SSSR count). The Hall–Kier alpha value is -6.79. The molecule has 4 aromatic carbocycles. The first-order valence-electron chi connectivity index (χ1n) is 16.1. The molecule has 1 aromatic heterocycles. The summed E-state index contributed by atoms with van der Waals surface area (Å²) in [6.07, 6.45) is -8.80. The number of nitrogens with one attached hydrogen (secondary N) is 1. The third-order valence-electron chi connectivity index (χ3n) is 7.76. The summed E-state index contributed by atoms with van der Waals surface area (Å²) in [4.78, 5) is 38.1. The number of H-pyrrole nitrogens is 1. The van der Waals surface area contributed by atoms with Crippen LogP contribution in [0.15, 0.2) is 99.4 Å². The number of rotatable bonds is 14. The number of aryl methyl sites for hydroxylation is 2. The predicted molar refractivity (Wildman–Crippen MR) is 186 cm³/mol. The zero-order chi connectivity index (χ0) is 41.0. The fourth-order valence-corrected chi connectivity index (χ4v) is 5.10. The molecule has 0 saturated carbocycles. The van der Waals surface area contributed by atoms with Crippen molar-refractivity contribution >= 4 is 17.4 Å². The lowest BCUT2D eigenvalue weighted by molar-refractivity contribution is -0.275. The number of oxime groups is 1. The molecular weight excluding hydrogens is 758 g/mol. The standard InChI is InChI=1S/C19H15F3N2O5.C18H17F3N2O4/c1-27-16-10-14(28-19(20,21)22)8-6-12(16)7-9-15(25)11-2-4-13(5-3-11)17-23-18(26)29-24-17;1-26-16-10-14(27-18(19,20)21)8-6-12(16)7-9-15(24)11-2-4-13(5-3-11)17(22)23-25/h2-6,8,10H,7,9H2,1H3,(H,23,24,26);2-6,8,10,25H,7,9H2,1H3,(H2,22,23). The van der Waals surface area contributed by atoms with Crippen molar-refractivity contribution in [3.8, 4) is 34.4 Å². The second kappa shape index (κ2) is 18.5. The lowest BCUT2D eigenvalue weighted by Gasteiger charge is -2.13. The van der Waals surface area contributed by atoms with E-state index >= 15 is 0 Å². The van der Waals surface area contributed by atoms with Crippen LogP contribution in [-0.2, 0) is 12.8 Å². The van der Waals surface area contributed by atoms with Crippen LogP contribution in [0.4, 0.5) is 26.3 Å². The van der Waals surface area contributed by atoms with Crippen LogP contribution >= 0.6 is 0 Å². The molecule has 0 bridgehead atoms. The third kappa shape index (κ3) is 12.4. The molecule has 296 valence electrons. The van der Waals surface area contributed by atoms with Gasteiger partial charge in [0, 0.05) is 47.2 Å². The molecule has 0 aliphatic rings. The molecule has 0 radical (unpaired) electrons. The minimum atomic E-state index is -4.80. The second-order valence-corrected chi connectivity index (χ2v) is 11.5. The van der Waals surface area contributed by atoms with Crippen molar-refractivity contribution in [1.29, 1.82) is 0 Å². The lowest BCUT2D eigenvalue weighted by atomic mass is 10.0. The highest BCUT2D eigenvalue weighted by molar-refractivity contribution is 6.00. The number of aromatic amines is 1. The zero-order valence-electron chi connectivity index (χ0n) is 29.4. The number of ether oxygens (including phenoxy) is 4. The Bertz CT molecular complexity index is 2200. The summed E-state index contributed by atoms with van der Waals surface area (Å²) >= 11 is 0. The van der Waals surface area contributed by atoms with Crippen molar-refractivity contribution in [3.05, 3.63) is 123 Å². The number of amidine groups is 1. The van der Waals surface area contributed by atoms with Crippen molar-refractivity contribution in [2.75, 3.05) is 14.2 Å². The summed E-state index contributed by atoms with van der Waals surface area (Å²) in [6.45, 7) is 0. The van der Waals surface area contributed by atoms with Gasteiger partial charge < -0.3 is 29.9 Å². The monoisotopic (exact) mass is 790 g/mol. The molecular formula is C37H32F6N4O9. The molecule has 4 N–H and O–H groups in total. The number of ketones is 2. The molecule has 0 aliphatic carbocycles. The maximum absolute atomic E-state index is 12.4. The molecule has 1 heterocycles. The fraction of sp³-hybridized carbons (Fsp3) is 0.216. The summed E-state index contributed by atoms with van der Waals surface area (Å²) in [6, 6.07) is 20.0. The van der Waals surface area contributed by atoms with Crippen LogP contribution < -0.4 is 30.4 Å². The Morgan fingerprint density at radius 2 is 1.16 bits per heavy atom. The number of hydrogen-bond acceptors (Lipinski definition) is 11. The van der Waals surface area contributed by atoms with Crippen molar-refractivity contribution in [1.82, 2.24) is 10.1 Å². The summed E-state index contributed by atoms with van der Waals surface area (Å²) < 4.78 is 96.1. The van der Waals surface area contributed by atoms with Gasteiger partial charge in [-0.3, -0.25) is 19.1 Å². The number of alkyl halides is 6. The molecule has 0 unspecified atom stereocenters. The minimum Gasteiger partial charge on any atom is -0.496 e. The number of Topliss-reactive ketones (excluding diaryl/α,β-unsaturated/α-hetero) is 2. The van der Waals surface area contributed by atoms with Crippen molar-refractivity contribution in [2.24, 2.45) is 10.9 Å². The van der Waals surface area contributed by atoms with Gasteiger partial charge in [-0.1, -0.05) is 71.0 Å². The first-order chi connectivity index (χ1) is 26.5. The summed E-state index contributed by atoms with van der Waals surface area (Å²) in [5.41, 5.74) is 8.53. The van der Waals surface area contributed by atoms with Gasteiger partial charge in [-0.15, -0.1) is 26.3 Å². The van der Waals surface area contributed by atoms with Crippen LogP contribution in [0, 0.1) is 0 Å². The van der Waals surface area contributed by atoms with E-state index < -0.39 is 30.0 Å². The molecule has 56 heavy (non-hydrogen) atoms. The topological polar surface area (TPSA) is 189 Å². The molecule has 5 aromatic rings. The number of halogens is 6. The van der Waals surface area contributed by atoms with Gasteiger partial charge in [0.25, 0.3) is 0 Å². The highest BCUT2D eigenvalue weighted by Gasteiger charge is 2.32. The molecule has 0 atom stereocenters. The van der Waals surface area contributed by atoms with E-state index in [2.05, 4.69) is 29.3 Å². The van der Waals surface area contributed by atoms with Gasteiger partial charge in [-0.05, 0) is 36.1 Å². The molecule has 0 spiro atoms. The molecule has 13 nitrogen and oxygen atoms in total. The Balaban J connectivity index is 0.000000249. The average Bonchev–Trinajstić information content (AvgIpc) is 3.61. The van der Waals surface area contributed by atoms with E-state index in [1.54, 1.807) is 48.5 Å². The van der Waals surface area contributed by atoms with E-state index in [1.807, 2.05) is 0 Å². The number of nitrogens with two attached hydrogens (primary N) is 1. The number of carbonyl (C=O) groups excluding carboxylic acids is 2. The number of aromatic nitrogens is 2. The van der Waals surface area contributed by atoms with E-state index in [4.69, 9.17) is 20.4 Å². The van der Waals surface area contributed by atoms with E-state index in [-0.39, 0.29) is 60.4 Å². The highest BCUT2D eigenvalue weighted by atomic mass is 19.4. The number of hydrogen-bond donors (Lipinski definition) is 3. The van der Waals surface area contributed by atoms with Gasteiger partial charge >= 0.3 is 18.5 Å². The maximum Gasteiger partial charge on any atom is 0.573 e. The predicted octanol–water partition coefficient (Wildman–Crippen LogP) is 7.26. The molecule has 0 fully saturated rings. The maximum atomic E-state index is 12.4. The van der Waals surface area contributed by atoms with E-state index in [0.29, 0.717) is 33.4 Å². The summed E-state index contributed by atoms with van der Waals surface area (Å²) in [5.74, 6) is -1.22. The van der Waals surface area contributed by atoms with E-state index in [9.17, 15) is 40.7 Å². The smallest absolute Gasteiger partial charge is 0.496 e. The quantitative estimate of drug-likeness (QED) is 0.0257. The largest absolute Gasteiger partial charge is 0.573 e. The molecule has 0 amide bonds. The van der Waals surface area contributed by atoms with Gasteiger partial charge in [-0.2, -0.15) is 0 Å². The van der Waals surface area contributed by atoms with Gasteiger partial charge in [0.1, 0.15) is 23.0 Å². The van der Waals surface area contributed by atoms with Gasteiger partial charge in [-0.25, -0.2) is 4.79 Å². The van der Waals surface area contributed by atoms with Gasteiger partial charge in [0.05, 0.1) is 14.2 Å². The average molecular weight is 791 g/mol.